The van der Waals surface area contributed by atoms with Crippen LogP contribution in [0.3, 0.4) is 0 Å². The Labute approximate surface area is 107 Å². The van der Waals surface area contributed by atoms with E-state index in [1.807, 2.05) is 24.3 Å². The lowest BCUT2D eigenvalue weighted by Crippen LogP contribution is -2.26. The van der Waals surface area contributed by atoms with E-state index in [0.29, 0.717) is 5.92 Å². The fraction of sp³-hybridized carbons (Fsp3) is 0.375. The van der Waals surface area contributed by atoms with Crippen LogP contribution in [-0.4, -0.2) is 0 Å². The first-order chi connectivity index (χ1) is 8.83. The third-order valence-corrected chi connectivity index (χ3v) is 4.42. The Bertz CT molecular complexity index is 549. The van der Waals surface area contributed by atoms with Crippen molar-refractivity contribution in [2.45, 2.75) is 12.8 Å². The molecule has 1 saturated carbocycles. The van der Waals surface area contributed by atoms with Gasteiger partial charge < -0.3 is 0 Å². The van der Waals surface area contributed by atoms with E-state index in [1.165, 1.54) is 0 Å². The summed E-state index contributed by atoms with van der Waals surface area (Å²) in [4.78, 5) is 0. The smallest absolute Gasteiger partial charge is 0.172 e. The van der Waals surface area contributed by atoms with E-state index in [-0.39, 0.29) is 11.8 Å². The Morgan fingerprint density at radius 1 is 1.11 bits per heavy atom. The molecule has 1 fully saturated rings. The van der Waals surface area contributed by atoms with Gasteiger partial charge in [-0.15, -0.1) is 0 Å². The van der Waals surface area contributed by atoms with Gasteiger partial charge in [-0.2, -0.15) is 10.5 Å². The van der Waals surface area contributed by atoms with E-state index >= 15 is 0 Å². The molecule has 3 unspecified atom stereocenters. The number of nitriles is 2. The molecule has 0 radical (unpaired) electrons. The first-order valence-corrected chi connectivity index (χ1v) is 6.38. The molecule has 0 saturated heterocycles. The monoisotopic (exact) mass is 234 g/mol. The molecule has 2 heteroatoms. The van der Waals surface area contributed by atoms with Gasteiger partial charge in [-0.3, -0.25) is 0 Å². The van der Waals surface area contributed by atoms with Crippen molar-refractivity contribution in [3.05, 3.63) is 48.1 Å². The molecule has 18 heavy (non-hydrogen) atoms. The van der Waals surface area contributed by atoms with Crippen LogP contribution in [0.5, 0.6) is 0 Å². The normalized spacial score (nSPS) is 34.8. The molecule has 0 N–H and O–H groups in total. The summed E-state index contributed by atoms with van der Waals surface area (Å²) in [5.74, 6) is 0.694. The van der Waals surface area contributed by atoms with Gasteiger partial charge in [0.15, 0.2) is 5.41 Å². The Morgan fingerprint density at radius 2 is 1.94 bits per heavy atom. The highest BCUT2D eigenvalue weighted by Gasteiger charge is 2.56. The average Bonchev–Trinajstić information content (AvgIpc) is 2.58. The third-order valence-electron chi connectivity index (χ3n) is 4.42. The van der Waals surface area contributed by atoms with Crippen molar-refractivity contribution in [3.8, 4) is 12.1 Å². The van der Waals surface area contributed by atoms with Crippen LogP contribution in [-0.2, 0) is 0 Å². The van der Waals surface area contributed by atoms with Gasteiger partial charge in [-0.05, 0) is 24.3 Å². The highest BCUT2D eigenvalue weighted by Crippen LogP contribution is 2.57. The summed E-state index contributed by atoms with van der Waals surface area (Å²) < 4.78 is 0. The Balaban J connectivity index is 2.21. The second kappa shape index (κ2) is 4.00. The molecule has 0 aromatic rings. The number of nitrogens with zero attached hydrogens (tertiary/aromatic N) is 2. The van der Waals surface area contributed by atoms with Crippen molar-refractivity contribution >= 4 is 0 Å². The van der Waals surface area contributed by atoms with E-state index in [4.69, 9.17) is 0 Å². The van der Waals surface area contributed by atoms with E-state index in [9.17, 15) is 10.5 Å². The zero-order valence-electron chi connectivity index (χ0n) is 10.1. The second-order valence-corrected chi connectivity index (χ2v) is 5.14. The predicted molar refractivity (Wildman–Crippen MR) is 68.9 cm³/mol. The van der Waals surface area contributed by atoms with Crippen LogP contribution >= 0.6 is 0 Å². The lowest BCUT2D eigenvalue weighted by molar-refractivity contribution is 0.323. The molecule has 0 spiro atoms. The van der Waals surface area contributed by atoms with Crippen molar-refractivity contribution in [1.82, 2.24) is 0 Å². The predicted octanol–water partition coefficient (Wildman–Crippen LogP) is 3.28. The summed E-state index contributed by atoms with van der Waals surface area (Å²) in [5, 5.41) is 19.2. The SMILES string of the molecule is N#CC1(C#N)C2=CC=CC=CC2C2CCC=CC21. The molecular weight excluding hydrogens is 220 g/mol. The lowest BCUT2D eigenvalue weighted by atomic mass is 9.73. The van der Waals surface area contributed by atoms with Crippen LogP contribution in [0.4, 0.5) is 0 Å². The Hall–Kier alpha value is -2.06. The van der Waals surface area contributed by atoms with Crippen molar-refractivity contribution in [2.24, 2.45) is 23.2 Å². The van der Waals surface area contributed by atoms with Gasteiger partial charge in [0, 0.05) is 11.8 Å². The number of hydrogen-bond donors (Lipinski definition) is 0. The van der Waals surface area contributed by atoms with Gasteiger partial charge in [0.1, 0.15) is 0 Å². The van der Waals surface area contributed by atoms with Gasteiger partial charge in [-0.1, -0.05) is 42.5 Å². The maximum atomic E-state index is 9.59. The van der Waals surface area contributed by atoms with Crippen molar-refractivity contribution in [3.63, 3.8) is 0 Å². The van der Waals surface area contributed by atoms with Crippen molar-refractivity contribution < 1.29 is 0 Å². The maximum Gasteiger partial charge on any atom is 0.172 e. The molecule has 0 heterocycles. The fourth-order valence-electron chi connectivity index (χ4n) is 3.61. The summed E-state index contributed by atoms with van der Waals surface area (Å²) in [6.07, 6.45) is 16.4. The number of allylic oxidation sites excluding steroid dienone is 8. The molecule has 3 aliphatic rings. The van der Waals surface area contributed by atoms with Gasteiger partial charge in [0.25, 0.3) is 0 Å². The molecule has 88 valence electrons. The van der Waals surface area contributed by atoms with Gasteiger partial charge in [-0.25, -0.2) is 0 Å². The fourth-order valence-corrected chi connectivity index (χ4v) is 3.61. The van der Waals surface area contributed by atoms with Gasteiger partial charge in [0.2, 0.25) is 0 Å². The zero-order chi connectivity index (χ0) is 12.6. The topological polar surface area (TPSA) is 47.6 Å². The standard InChI is InChI=1S/C16H14N2/c17-10-16(11-18)14-8-3-1-2-6-12(14)13-7-4-5-9-15(13)16/h1-3,5-6,8-9,12-13,15H,4,7H2. The maximum absolute atomic E-state index is 9.59. The van der Waals surface area contributed by atoms with E-state index in [0.717, 1.165) is 18.4 Å². The minimum Gasteiger partial charge on any atom is -0.196 e. The van der Waals surface area contributed by atoms with Crippen LogP contribution in [0.15, 0.2) is 48.1 Å². The van der Waals surface area contributed by atoms with Crippen LogP contribution in [0.1, 0.15) is 12.8 Å². The second-order valence-electron chi connectivity index (χ2n) is 5.14. The van der Waals surface area contributed by atoms with Crippen LogP contribution < -0.4 is 0 Å². The summed E-state index contributed by atoms with van der Waals surface area (Å²) in [7, 11) is 0. The Kier molecular flexibility index (Phi) is 2.46. The molecule has 0 aromatic carbocycles. The van der Waals surface area contributed by atoms with Gasteiger partial charge >= 0.3 is 0 Å². The number of hydrogen-bond acceptors (Lipinski definition) is 2. The van der Waals surface area contributed by atoms with Crippen LogP contribution in [0.2, 0.25) is 0 Å². The molecular formula is C16H14N2. The number of rotatable bonds is 0. The first-order valence-electron chi connectivity index (χ1n) is 6.38. The molecule has 0 amide bonds. The minimum absolute atomic E-state index is 0.0497. The molecule has 2 nitrogen and oxygen atoms in total. The summed E-state index contributed by atoms with van der Waals surface area (Å²) in [6, 6.07) is 4.61. The van der Waals surface area contributed by atoms with Crippen molar-refractivity contribution in [1.29, 1.82) is 10.5 Å². The van der Waals surface area contributed by atoms with E-state index in [2.05, 4.69) is 30.4 Å². The highest BCUT2D eigenvalue weighted by atomic mass is 14.6. The van der Waals surface area contributed by atoms with Crippen LogP contribution in [0, 0.1) is 45.8 Å². The average molecular weight is 234 g/mol. The zero-order valence-corrected chi connectivity index (χ0v) is 10.1. The van der Waals surface area contributed by atoms with Crippen LogP contribution in [0.25, 0.3) is 0 Å². The molecule has 3 aliphatic carbocycles. The molecule has 0 bridgehead atoms. The summed E-state index contributed by atoms with van der Waals surface area (Å²) in [6.45, 7) is 0. The molecule has 3 atom stereocenters. The molecule has 3 rings (SSSR count). The van der Waals surface area contributed by atoms with Gasteiger partial charge in [0.05, 0.1) is 12.1 Å². The quantitative estimate of drug-likeness (QED) is 0.604. The van der Waals surface area contributed by atoms with E-state index in [1.54, 1.807) is 0 Å². The lowest BCUT2D eigenvalue weighted by Gasteiger charge is -2.26. The van der Waals surface area contributed by atoms with E-state index < -0.39 is 5.41 Å². The van der Waals surface area contributed by atoms with Crippen molar-refractivity contribution in [2.75, 3.05) is 0 Å². The first kappa shape index (κ1) is 11.1. The summed E-state index contributed by atoms with van der Waals surface area (Å²) >= 11 is 0. The Morgan fingerprint density at radius 3 is 2.72 bits per heavy atom. The highest BCUT2D eigenvalue weighted by molar-refractivity contribution is 5.48. The molecule has 0 aromatic heterocycles. The largest absolute Gasteiger partial charge is 0.196 e. The molecule has 0 aliphatic heterocycles. The number of fused-ring (bicyclic) bond motifs is 3. The third kappa shape index (κ3) is 1.27. The summed E-state index contributed by atoms with van der Waals surface area (Å²) in [5.41, 5.74) is 0.0182. The minimum atomic E-state index is -0.967.